The van der Waals surface area contributed by atoms with E-state index in [0.717, 1.165) is 31.5 Å². The van der Waals surface area contributed by atoms with E-state index in [9.17, 15) is 4.79 Å². The zero-order chi connectivity index (χ0) is 16.2. The third-order valence-corrected chi connectivity index (χ3v) is 4.40. The molecule has 23 heavy (non-hydrogen) atoms. The highest BCUT2D eigenvalue weighted by Gasteiger charge is 2.27. The molecule has 0 aliphatic carbocycles. The lowest BCUT2D eigenvalue weighted by Crippen LogP contribution is -2.41. The highest BCUT2D eigenvalue weighted by atomic mass is 35.5. The molecule has 0 radical (unpaired) electrons. The van der Waals surface area contributed by atoms with Crippen molar-refractivity contribution in [2.24, 2.45) is 0 Å². The van der Waals surface area contributed by atoms with Gasteiger partial charge in [0.1, 0.15) is 0 Å². The van der Waals surface area contributed by atoms with Gasteiger partial charge in [0.25, 0.3) is 0 Å². The molecule has 122 valence electrons. The summed E-state index contributed by atoms with van der Waals surface area (Å²) in [4.78, 5) is 16.1. The molecule has 1 saturated heterocycles. The second-order valence-electron chi connectivity index (χ2n) is 5.75. The van der Waals surface area contributed by atoms with E-state index in [4.69, 9.17) is 11.6 Å². The summed E-state index contributed by atoms with van der Waals surface area (Å²) in [6.45, 7) is 3.62. The molecule has 1 aromatic carbocycles. The van der Waals surface area contributed by atoms with Crippen LogP contribution in [0.25, 0.3) is 11.4 Å². The van der Waals surface area contributed by atoms with Crippen LogP contribution in [0.5, 0.6) is 0 Å². The Bertz CT molecular complexity index is 663. The quantitative estimate of drug-likeness (QED) is 0.863. The molecule has 0 bridgehead atoms. The Kier molecular flexibility index (Phi) is 4.91. The van der Waals surface area contributed by atoms with Gasteiger partial charge in [-0.05, 0) is 55.2 Å². The van der Waals surface area contributed by atoms with Crippen LogP contribution in [-0.4, -0.2) is 44.1 Å². The topological polar surface area (TPSA) is 63.9 Å². The molecule has 0 saturated carbocycles. The number of benzene rings is 1. The maximum atomic E-state index is 12.7. The van der Waals surface area contributed by atoms with E-state index in [0.29, 0.717) is 17.3 Å². The van der Waals surface area contributed by atoms with Gasteiger partial charge >= 0.3 is 0 Å². The number of likely N-dealkylation sites (tertiary alicyclic amines) is 1. The van der Waals surface area contributed by atoms with Crippen LogP contribution >= 0.6 is 11.6 Å². The molecular weight excluding hydrogens is 314 g/mol. The molecule has 7 heteroatoms. The second kappa shape index (κ2) is 7.08. The van der Waals surface area contributed by atoms with Crippen molar-refractivity contribution in [3.8, 4) is 11.4 Å². The fraction of sp³-hybridized carbons (Fsp3) is 0.500. The van der Waals surface area contributed by atoms with Crippen LogP contribution in [0.2, 0.25) is 5.02 Å². The minimum absolute atomic E-state index is 0.0901. The largest absolute Gasteiger partial charge is 0.341 e. The zero-order valence-electron chi connectivity index (χ0n) is 13.2. The lowest BCUT2D eigenvalue weighted by atomic mass is 10.1. The fourth-order valence-electron chi connectivity index (χ4n) is 2.83. The first kappa shape index (κ1) is 15.9. The Morgan fingerprint density at radius 2 is 1.91 bits per heavy atom. The van der Waals surface area contributed by atoms with Gasteiger partial charge in [-0.1, -0.05) is 18.5 Å². The van der Waals surface area contributed by atoms with E-state index >= 15 is 0 Å². The van der Waals surface area contributed by atoms with Crippen LogP contribution in [0.4, 0.5) is 0 Å². The second-order valence-corrected chi connectivity index (χ2v) is 6.19. The summed E-state index contributed by atoms with van der Waals surface area (Å²) in [5.41, 5.74) is 0.834. The molecule has 1 fully saturated rings. The number of nitrogens with zero attached hydrogens (tertiary/aromatic N) is 5. The molecule has 3 rings (SSSR count). The highest BCUT2D eigenvalue weighted by Crippen LogP contribution is 2.20. The number of carbonyl (C=O) groups excluding carboxylic acids is 1. The van der Waals surface area contributed by atoms with Crippen LogP contribution in [0, 0.1) is 0 Å². The van der Waals surface area contributed by atoms with Crippen LogP contribution in [-0.2, 0) is 4.79 Å². The van der Waals surface area contributed by atoms with Crippen molar-refractivity contribution in [3.05, 3.63) is 29.3 Å². The number of halogens is 1. The highest BCUT2D eigenvalue weighted by molar-refractivity contribution is 6.30. The monoisotopic (exact) mass is 333 g/mol. The number of hydrogen-bond donors (Lipinski definition) is 0. The summed E-state index contributed by atoms with van der Waals surface area (Å²) in [5, 5.41) is 13.2. The average molecular weight is 334 g/mol. The Balaban J connectivity index is 1.79. The fourth-order valence-corrected chi connectivity index (χ4v) is 2.96. The lowest BCUT2D eigenvalue weighted by molar-refractivity contribution is -0.136. The summed E-state index contributed by atoms with van der Waals surface area (Å²) in [7, 11) is 0. The van der Waals surface area contributed by atoms with Crippen molar-refractivity contribution in [2.75, 3.05) is 13.1 Å². The molecule has 1 atom stereocenters. The first-order valence-corrected chi connectivity index (χ1v) is 8.41. The lowest BCUT2D eigenvalue weighted by Gasteiger charge is -2.29. The molecule has 1 unspecified atom stereocenters. The van der Waals surface area contributed by atoms with Gasteiger partial charge in [0.15, 0.2) is 6.04 Å². The molecule has 1 amide bonds. The first-order chi connectivity index (χ1) is 11.2. The van der Waals surface area contributed by atoms with Gasteiger partial charge in [-0.3, -0.25) is 4.79 Å². The number of rotatable bonds is 4. The van der Waals surface area contributed by atoms with E-state index in [-0.39, 0.29) is 11.9 Å². The van der Waals surface area contributed by atoms with Crippen molar-refractivity contribution in [1.82, 2.24) is 25.1 Å². The minimum atomic E-state index is -0.387. The number of aromatic nitrogens is 4. The van der Waals surface area contributed by atoms with Crippen LogP contribution in [0.1, 0.15) is 38.6 Å². The van der Waals surface area contributed by atoms with E-state index in [1.807, 2.05) is 24.0 Å². The predicted octanol–water partition coefficient (Wildman–Crippen LogP) is 2.96. The predicted molar refractivity (Wildman–Crippen MR) is 88.0 cm³/mol. The van der Waals surface area contributed by atoms with Gasteiger partial charge < -0.3 is 4.90 Å². The Morgan fingerprint density at radius 1 is 1.22 bits per heavy atom. The Labute approximate surface area is 140 Å². The summed E-state index contributed by atoms with van der Waals surface area (Å²) in [6.07, 6.45) is 3.99. The van der Waals surface area contributed by atoms with Gasteiger partial charge in [0, 0.05) is 23.7 Å². The Morgan fingerprint density at radius 3 is 2.57 bits per heavy atom. The van der Waals surface area contributed by atoms with E-state index in [2.05, 4.69) is 15.4 Å². The zero-order valence-corrected chi connectivity index (χ0v) is 13.9. The van der Waals surface area contributed by atoms with E-state index in [1.54, 1.807) is 12.1 Å². The molecule has 2 aromatic rings. The van der Waals surface area contributed by atoms with Crippen LogP contribution in [0.3, 0.4) is 0 Å². The van der Waals surface area contributed by atoms with Crippen molar-refractivity contribution in [3.63, 3.8) is 0 Å². The molecule has 6 nitrogen and oxygen atoms in total. The van der Waals surface area contributed by atoms with Crippen molar-refractivity contribution >= 4 is 17.5 Å². The smallest absolute Gasteiger partial charge is 0.249 e. The molecule has 0 N–H and O–H groups in total. The number of carbonyl (C=O) groups is 1. The summed E-state index contributed by atoms with van der Waals surface area (Å²) >= 11 is 5.89. The molecule has 1 aliphatic rings. The SMILES string of the molecule is CCC(C(=O)N1CCCCC1)n1nnc(-c2ccc(Cl)cc2)n1. The van der Waals surface area contributed by atoms with Gasteiger partial charge in [-0.15, -0.1) is 10.2 Å². The Hall–Kier alpha value is -1.95. The van der Waals surface area contributed by atoms with Gasteiger partial charge in [0.2, 0.25) is 11.7 Å². The van der Waals surface area contributed by atoms with Crippen LogP contribution < -0.4 is 0 Å². The number of tetrazole rings is 1. The minimum Gasteiger partial charge on any atom is -0.341 e. The maximum absolute atomic E-state index is 12.7. The van der Waals surface area contributed by atoms with E-state index < -0.39 is 0 Å². The third-order valence-electron chi connectivity index (χ3n) is 4.15. The van der Waals surface area contributed by atoms with Gasteiger partial charge in [-0.25, -0.2) is 0 Å². The third kappa shape index (κ3) is 3.52. The van der Waals surface area contributed by atoms with Crippen molar-refractivity contribution in [1.29, 1.82) is 0 Å². The molecule has 2 heterocycles. The van der Waals surface area contributed by atoms with E-state index in [1.165, 1.54) is 11.2 Å². The average Bonchev–Trinajstić information content (AvgIpc) is 3.06. The van der Waals surface area contributed by atoms with Crippen molar-refractivity contribution < 1.29 is 4.79 Å². The summed E-state index contributed by atoms with van der Waals surface area (Å²) < 4.78 is 0. The number of piperidine rings is 1. The normalized spacial score (nSPS) is 16.3. The first-order valence-electron chi connectivity index (χ1n) is 8.03. The maximum Gasteiger partial charge on any atom is 0.249 e. The van der Waals surface area contributed by atoms with Crippen LogP contribution in [0.15, 0.2) is 24.3 Å². The summed E-state index contributed by atoms with van der Waals surface area (Å²) in [5.74, 6) is 0.596. The summed E-state index contributed by atoms with van der Waals surface area (Å²) in [6, 6.07) is 6.87. The van der Waals surface area contributed by atoms with Crippen molar-refractivity contribution in [2.45, 2.75) is 38.6 Å². The standard InChI is InChI=1S/C16H20ClN5O/c1-2-14(16(23)21-10-4-3-5-11-21)22-19-15(18-20-22)12-6-8-13(17)9-7-12/h6-9,14H,2-5,10-11H2,1H3. The molecule has 0 spiro atoms. The van der Waals surface area contributed by atoms with Gasteiger partial charge in [0.05, 0.1) is 0 Å². The molecule has 1 aromatic heterocycles. The number of hydrogen-bond acceptors (Lipinski definition) is 4. The molecular formula is C16H20ClN5O. The molecule has 1 aliphatic heterocycles. The van der Waals surface area contributed by atoms with Gasteiger partial charge in [-0.2, -0.15) is 4.80 Å². The number of amides is 1.